The minimum absolute atomic E-state index is 0.0282. The number of nitro groups is 1. The van der Waals surface area contributed by atoms with Crippen LogP contribution in [0.25, 0.3) is 0 Å². The number of anilines is 1. The summed E-state index contributed by atoms with van der Waals surface area (Å²) in [5.41, 5.74) is 5.90. The maximum atomic E-state index is 12.3. The maximum Gasteiger partial charge on any atom is 0.292 e. The van der Waals surface area contributed by atoms with Crippen LogP contribution in [0.15, 0.2) is 18.2 Å². The van der Waals surface area contributed by atoms with E-state index in [1.165, 1.54) is 18.2 Å². The molecule has 108 valence electrons. The average Bonchev–Trinajstić information content (AvgIpc) is 2.87. The molecular formula is C14H19N3O3. The summed E-state index contributed by atoms with van der Waals surface area (Å²) >= 11 is 0. The minimum atomic E-state index is -0.547. The Balaban J connectivity index is 2.14. The summed E-state index contributed by atoms with van der Waals surface area (Å²) in [6.07, 6.45) is 1.01. The average molecular weight is 277 g/mol. The van der Waals surface area contributed by atoms with Gasteiger partial charge in [0.15, 0.2) is 0 Å². The van der Waals surface area contributed by atoms with Crippen molar-refractivity contribution >= 4 is 17.3 Å². The van der Waals surface area contributed by atoms with Crippen LogP contribution >= 0.6 is 0 Å². The van der Waals surface area contributed by atoms with E-state index in [0.29, 0.717) is 17.4 Å². The van der Waals surface area contributed by atoms with Gasteiger partial charge in [-0.25, -0.2) is 0 Å². The lowest BCUT2D eigenvalue weighted by Crippen LogP contribution is -2.29. The van der Waals surface area contributed by atoms with Crippen molar-refractivity contribution in [2.45, 2.75) is 20.3 Å². The van der Waals surface area contributed by atoms with Crippen molar-refractivity contribution in [3.63, 3.8) is 0 Å². The van der Waals surface area contributed by atoms with Crippen molar-refractivity contribution in [2.24, 2.45) is 11.8 Å². The van der Waals surface area contributed by atoms with Crippen molar-refractivity contribution in [3.05, 3.63) is 33.9 Å². The van der Waals surface area contributed by atoms with Crippen molar-refractivity contribution < 1.29 is 9.72 Å². The molecule has 1 unspecified atom stereocenters. The summed E-state index contributed by atoms with van der Waals surface area (Å²) in [7, 11) is 0. The first kappa shape index (κ1) is 14.3. The third-order valence-corrected chi connectivity index (χ3v) is 3.93. The zero-order chi connectivity index (χ0) is 14.9. The molecule has 2 N–H and O–H groups in total. The van der Waals surface area contributed by atoms with Gasteiger partial charge in [-0.1, -0.05) is 13.8 Å². The molecule has 0 aliphatic carbocycles. The number of carbonyl (C=O) groups is 1. The Labute approximate surface area is 117 Å². The van der Waals surface area contributed by atoms with E-state index in [1.807, 2.05) is 0 Å². The molecule has 2 rings (SSSR count). The van der Waals surface area contributed by atoms with Crippen LogP contribution in [0.1, 0.15) is 30.6 Å². The smallest absolute Gasteiger partial charge is 0.292 e. The Bertz CT molecular complexity index is 542. The van der Waals surface area contributed by atoms with Crippen LogP contribution in [-0.2, 0) is 0 Å². The maximum absolute atomic E-state index is 12.3. The molecule has 1 aromatic carbocycles. The van der Waals surface area contributed by atoms with Gasteiger partial charge in [-0.3, -0.25) is 14.9 Å². The SMILES string of the molecule is CC(C)C1CCN(C(=O)c2ccc([N+](=O)[O-])c(N)c2)C1. The van der Waals surface area contributed by atoms with Crippen molar-refractivity contribution in [3.8, 4) is 0 Å². The second-order valence-corrected chi connectivity index (χ2v) is 5.57. The molecule has 0 saturated carbocycles. The molecular weight excluding hydrogens is 258 g/mol. The van der Waals surface area contributed by atoms with Crippen molar-refractivity contribution in [1.29, 1.82) is 0 Å². The third-order valence-electron chi connectivity index (χ3n) is 3.93. The lowest BCUT2D eigenvalue weighted by molar-refractivity contribution is -0.383. The summed E-state index contributed by atoms with van der Waals surface area (Å²) in [5, 5.41) is 10.7. The molecule has 20 heavy (non-hydrogen) atoms. The normalized spacial score (nSPS) is 18.6. The van der Waals surface area contributed by atoms with Gasteiger partial charge < -0.3 is 10.6 Å². The number of nitrogens with two attached hydrogens (primary N) is 1. The Morgan fingerprint density at radius 1 is 1.50 bits per heavy atom. The van der Waals surface area contributed by atoms with E-state index in [4.69, 9.17) is 5.73 Å². The van der Waals surface area contributed by atoms with E-state index in [2.05, 4.69) is 13.8 Å². The third kappa shape index (κ3) is 2.74. The van der Waals surface area contributed by atoms with Crippen LogP contribution in [0.3, 0.4) is 0 Å². The highest BCUT2D eigenvalue weighted by molar-refractivity contribution is 5.96. The molecule has 1 aromatic rings. The number of likely N-dealkylation sites (tertiary alicyclic amines) is 1. The first-order chi connectivity index (χ1) is 9.40. The Morgan fingerprint density at radius 2 is 2.20 bits per heavy atom. The standard InChI is InChI=1S/C14H19N3O3/c1-9(2)11-5-6-16(8-11)14(18)10-3-4-13(17(19)20)12(15)7-10/h3-4,7,9,11H,5-6,8,15H2,1-2H3. The van der Waals surface area contributed by atoms with E-state index >= 15 is 0 Å². The fourth-order valence-electron chi connectivity index (χ4n) is 2.55. The van der Waals surface area contributed by atoms with E-state index in [-0.39, 0.29) is 17.3 Å². The van der Waals surface area contributed by atoms with Crippen LogP contribution in [0, 0.1) is 22.0 Å². The number of hydrogen-bond acceptors (Lipinski definition) is 4. The lowest BCUT2D eigenvalue weighted by atomic mass is 9.95. The summed E-state index contributed by atoms with van der Waals surface area (Å²) < 4.78 is 0. The van der Waals surface area contributed by atoms with Crippen LogP contribution < -0.4 is 5.73 Å². The van der Waals surface area contributed by atoms with Crippen molar-refractivity contribution in [2.75, 3.05) is 18.8 Å². The number of amides is 1. The summed E-state index contributed by atoms with van der Waals surface area (Å²) in [6, 6.07) is 4.15. The van der Waals surface area contributed by atoms with Gasteiger partial charge >= 0.3 is 0 Å². The fraction of sp³-hybridized carbons (Fsp3) is 0.500. The highest BCUT2D eigenvalue weighted by atomic mass is 16.6. The topological polar surface area (TPSA) is 89.5 Å². The second-order valence-electron chi connectivity index (χ2n) is 5.57. The van der Waals surface area contributed by atoms with Crippen LogP contribution in [0.4, 0.5) is 11.4 Å². The summed E-state index contributed by atoms with van der Waals surface area (Å²) in [5.74, 6) is 0.971. The minimum Gasteiger partial charge on any atom is -0.393 e. The van der Waals surface area contributed by atoms with E-state index in [9.17, 15) is 14.9 Å². The molecule has 1 aliphatic rings. The largest absolute Gasteiger partial charge is 0.393 e. The number of hydrogen-bond donors (Lipinski definition) is 1. The van der Waals surface area contributed by atoms with Gasteiger partial charge in [0, 0.05) is 24.7 Å². The predicted molar refractivity (Wildman–Crippen MR) is 76.4 cm³/mol. The Hall–Kier alpha value is -2.11. The molecule has 6 nitrogen and oxygen atoms in total. The molecule has 1 atom stereocenters. The molecule has 1 heterocycles. The number of rotatable bonds is 3. The molecule has 0 spiro atoms. The number of carbonyl (C=O) groups excluding carboxylic acids is 1. The van der Waals surface area contributed by atoms with Gasteiger partial charge in [-0.2, -0.15) is 0 Å². The van der Waals surface area contributed by atoms with E-state index in [1.54, 1.807) is 4.90 Å². The lowest BCUT2D eigenvalue weighted by Gasteiger charge is -2.18. The number of nitrogens with zero attached hydrogens (tertiary/aromatic N) is 2. The van der Waals surface area contributed by atoms with Gasteiger partial charge in [0.25, 0.3) is 11.6 Å². The zero-order valence-corrected chi connectivity index (χ0v) is 11.7. The van der Waals surface area contributed by atoms with E-state index < -0.39 is 4.92 Å². The summed E-state index contributed by atoms with van der Waals surface area (Å²) in [6.45, 7) is 5.79. The van der Waals surface area contributed by atoms with Gasteiger partial charge in [-0.05, 0) is 30.4 Å². The monoisotopic (exact) mass is 277 g/mol. The Morgan fingerprint density at radius 3 is 2.70 bits per heavy atom. The van der Waals surface area contributed by atoms with Gasteiger partial charge in [0.1, 0.15) is 5.69 Å². The highest BCUT2D eigenvalue weighted by Crippen LogP contribution is 2.27. The Kier molecular flexibility index (Phi) is 3.92. The van der Waals surface area contributed by atoms with Crippen LogP contribution in [0.2, 0.25) is 0 Å². The van der Waals surface area contributed by atoms with Crippen molar-refractivity contribution in [1.82, 2.24) is 4.90 Å². The molecule has 1 fully saturated rings. The first-order valence-electron chi connectivity index (χ1n) is 6.73. The van der Waals surface area contributed by atoms with Crippen LogP contribution in [0.5, 0.6) is 0 Å². The molecule has 1 saturated heterocycles. The molecule has 0 aromatic heterocycles. The quantitative estimate of drug-likeness (QED) is 0.521. The second kappa shape index (κ2) is 5.48. The molecule has 1 amide bonds. The number of nitro benzene ring substituents is 1. The van der Waals surface area contributed by atoms with Crippen LogP contribution in [-0.4, -0.2) is 28.8 Å². The van der Waals surface area contributed by atoms with Gasteiger partial charge in [-0.15, -0.1) is 0 Å². The number of nitrogen functional groups attached to an aromatic ring is 1. The zero-order valence-electron chi connectivity index (χ0n) is 11.7. The fourth-order valence-corrected chi connectivity index (χ4v) is 2.55. The first-order valence-corrected chi connectivity index (χ1v) is 6.73. The predicted octanol–water partition coefficient (Wildman–Crippen LogP) is 2.30. The molecule has 1 aliphatic heterocycles. The number of benzene rings is 1. The highest BCUT2D eigenvalue weighted by Gasteiger charge is 2.29. The van der Waals surface area contributed by atoms with E-state index in [0.717, 1.165) is 19.5 Å². The summed E-state index contributed by atoms with van der Waals surface area (Å²) in [4.78, 5) is 24.3. The molecule has 6 heteroatoms. The molecule has 0 bridgehead atoms. The van der Waals surface area contributed by atoms with Gasteiger partial charge in [0.05, 0.1) is 4.92 Å². The van der Waals surface area contributed by atoms with Gasteiger partial charge in [0.2, 0.25) is 0 Å². The molecule has 0 radical (unpaired) electrons.